The van der Waals surface area contributed by atoms with Gasteiger partial charge in [-0.1, -0.05) is 56.3 Å². The zero-order valence-corrected chi connectivity index (χ0v) is 8.75. The normalized spacial score (nSPS) is 11.9. The van der Waals surface area contributed by atoms with E-state index in [1.807, 2.05) is 0 Å². The predicted octanol–water partition coefficient (Wildman–Crippen LogP) is 3.95. The van der Waals surface area contributed by atoms with Gasteiger partial charge < -0.3 is 0 Å². The van der Waals surface area contributed by atoms with E-state index in [2.05, 4.69) is 63.2 Å². The number of benzene rings is 2. The Labute approximate surface area is 85.6 Å². The first-order valence-corrected chi connectivity index (χ1v) is 4.92. The minimum atomic E-state index is -0.0269. The van der Waals surface area contributed by atoms with E-state index < -0.39 is 0 Å². The molecule has 0 nitrogen and oxygen atoms in total. The van der Waals surface area contributed by atoms with Crippen LogP contribution in [0.5, 0.6) is 0 Å². The lowest BCUT2D eigenvalue weighted by Crippen LogP contribution is -2.11. The largest absolute Gasteiger partial charge is 0.0616 e. The summed E-state index contributed by atoms with van der Waals surface area (Å²) >= 11 is 0. The molecule has 0 heteroatoms. The molecule has 0 aliphatic rings. The van der Waals surface area contributed by atoms with Gasteiger partial charge in [-0.25, -0.2) is 0 Å². The summed E-state index contributed by atoms with van der Waals surface area (Å²) in [5, 5.41) is 2.61. The second kappa shape index (κ2) is 3.13. The summed E-state index contributed by atoms with van der Waals surface area (Å²) in [7, 11) is 0. The van der Waals surface area contributed by atoms with Crippen LogP contribution in [0.2, 0.25) is 0 Å². The van der Waals surface area contributed by atoms with Gasteiger partial charge in [0.15, 0.2) is 0 Å². The van der Waals surface area contributed by atoms with Gasteiger partial charge in [0.25, 0.3) is 0 Å². The Morgan fingerprint density at radius 3 is 2.29 bits per heavy atom. The number of hydrogen-bond donors (Lipinski definition) is 0. The van der Waals surface area contributed by atoms with Crippen molar-refractivity contribution in [1.29, 1.82) is 0 Å². The molecule has 0 saturated carbocycles. The lowest BCUT2D eigenvalue weighted by Gasteiger charge is -2.20. The molecule has 2 aromatic carbocycles. The Bertz CT molecular complexity index is 442. The van der Waals surface area contributed by atoms with Crippen molar-refractivity contribution in [2.24, 2.45) is 0 Å². The number of hydrogen-bond acceptors (Lipinski definition) is 0. The molecule has 2 rings (SSSR count). The Kier molecular flexibility index (Phi) is 2.07. The molecule has 0 N–H and O–H groups in total. The number of rotatable bonds is 1. The highest BCUT2D eigenvalue weighted by molar-refractivity contribution is 5.86. The van der Waals surface area contributed by atoms with E-state index in [0.717, 1.165) is 0 Å². The van der Waals surface area contributed by atoms with Crippen molar-refractivity contribution in [1.82, 2.24) is 0 Å². The van der Waals surface area contributed by atoms with Crippen LogP contribution in [0.4, 0.5) is 0 Å². The molecule has 14 heavy (non-hydrogen) atoms. The van der Waals surface area contributed by atoms with E-state index in [1.165, 1.54) is 16.3 Å². The molecule has 0 heterocycles. The molecule has 0 aliphatic carbocycles. The third kappa shape index (κ3) is 1.52. The van der Waals surface area contributed by atoms with Crippen molar-refractivity contribution in [3.63, 3.8) is 0 Å². The minimum Gasteiger partial charge on any atom is -0.0616 e. The van der Waals surface area contributed by atoms with Gasteiger partial charge in [0.2, 0.25) is 0 Å². The fourth-order valence-corrected chi connectivity index (χ4v) is 1.82. The summed E-state index contributed by atoms with van der Waals surface area (Å²) in [6.45, 7) is 8.49. The molecule has 2 aromatic rings. The SMILES string of the molecule is [CH2]C(C)(C)c1cccc2ccccc12. The second-order valence-corrected chi connectivity index (χ2v) is 4.41. The second-order valence-electron chi connectivity index (χ2n) is 4.41. The molecular weight excluding hydrogens is 168 g/mol. The zero-order valence-electron chi connectivity index (χ0n) is 8.75. The fourth-order valence-electron chi connectivity index (χ4n) is 1.82. The van der Waals surface area contributed by atoms with Crippen molar-refractivity contribution >= 4 is 10.8 Å². The zero-order chi connectivity index (χ0) is 10.2. The van der Waals surface area contributed by atoms with Crippen LogP contribution in [0.25, 0.3) is 10.8 Å². The first kappa shape index (κ1) is 9.26. The minimum absolute atomic E-state index is 0.0269. The average molecular weight is 183 g/mol. The van der Waals surface area contributed by atoms with Crippen molar-refractivity contribution in [2.45, 2.75) is 19.3 Å². The van der Waals surface area contributed by atoms with Crippen LogP contribution in [-0.2, 0) is 5.41 Å². The van der Waals surface area contributed by atoms with Crippen LogP contribution >= 0.6 is 0 Å². The summed E-state index contributed by atoms with van der Waals surface area (Å²) in [5.41, 5.74) is 1.29. The highest BCUT2D eigenvalue weighted by atomic mass is 14.2. The molecule has 71 valence electrons. The van der Waals surface area contributed by atoms with Crippen LogP contribution in [-0.4, -0.2) is 0 Å². The van der Waals surface area contributed by atoms with Gasteiger partial charge in [0, 0.05) is 0 Å². The van der Waals surface area contributed by atoms with Crippen LogP contribution in [0.15, 0.2) is 42.5 Å². The summed E-state index contributed by atoms with van der Waals surface area (Å²) in [6.07, 6.45) is 0. The molecular formula is C14H15. The molecule has 0 spiro atoms. The van der Waals surface area contributed by atoms with Gasteiger partial charge in [-0.3, -0.25) is 0 Å². The molecule has 0 bridgehead atoms. The monoisotopic (exact) mass is 183 g/mol. The maximum atomic E-state index is 4.19. The van der Waals surface area contributed by atoms with Crippen LogP contribution in [0.3, 0.4) is 0 Å². The van der Waals surface area contributed by atoms with E-state index in [1.54, 1.807) is 0 Å². The first-order chi connectivity index (χ1) is 6.59. The van der Waals surface area contributed by atoms with Crippen molar-refractivity contribution < 1.29 is 0 Å². The summed E-state index contributed by atoms with van der Waals surface area (Å²) in [5.74, 6) is 0. The molecule has 0 aliphatic heterocycles. The summed E-state index contributed by atoms with van der Waals surface area (Å²) in [4.78, 5) is 0. The Morgan fingerprint density at radius 2 is 1.57 bits per heavy atom. The Balaban J connectivity index is 2.78. The molecule has 0 unspecified atom stereocenters. The van der Waals surface area contributed by atoms with Crippen molar-refractivity contribution in [3.8, 4) is 0 Å². The average Bonchev–Trinajstić information content (AvgIpc) is 2.15. The van der Waals surface area contributed by atoms with E-state index in [9.17, 15) is 0 Å². The molecule has 0 fully saturated rings. The van der Waals surface area contributed by atoms with Gasteiger partial charge >= 0.3 is 0 Å². The third-order valence-electron chi connectivity index (χ3n) is 2.52. The lowest BCUT2D eigenvalue weighted by molar-refractivity contribution is 0.672. The van der Waals surface area contributed by atoms with Gasteiger partial charge in [-0.05, 0) is 28.7 Å². The predicted molar refractivity (Wildman–Crippen MR) is 62.3 cm³/mol. The van der Waals surface area contributed by atoms with E-state index in [0.29, 0.717) is 0 Å². The fraction of sp³-hybridized carbons (Fsp3) is 0.214. The van der Waals surface area contributed by atoms with Gasteiger partial charge in [0.1, 0.15) is 0 Å². The lowest BCUT2D eigenvalue weighted by atomic mass is 9.84. The highest BCUT2D eigenvalue weighted by Gasteiger charge is 2.15. The molecule has 0 amide bonds. The van der Waals surface area contributed by atoms with Gasteiger partial charge in [0.05, 0.1) is 0 Å². The Morgan fingerprint density at radius 1 is 0.929 bits per heavy atom. The third-order valence-corrected chi connectivity index (χ3v) is 2.52. The van der Waals surface area contributed by atoms with E-state index >= 15 is 0 Å². The topological polar surface area (TPSA) is 0 Å². The molecule has 0 atom stereocenters. The maximum absolute atomic E-state index is 4.19. The van der Waals surface area contributed by atoms with Crippen LogP contribution < -0.4 is 0 Å². The quantitative estimate of drug-likeness (QED) is 0.628. The summed E-state index contributed by atoms with van der Waals surface area (Å²) in [6, 6.07) is 14.9. The first-order valence-electron chi connectivity index (χ1n) is 4.92. The standard InChI is InChI=1S/C14H15/c1-14(2,3)13-10-6-8-11-7-4-5-9-12(11)13/h4-10H,1H2,2-3H3. The van der Waals surface area contributed by atoms with Crippen LogP contribution in [0.1, 0.15) is 19.4 Å². The molecule has 0 saturated heterocycles. The molecule has 1 radical (unpaired) electrons. The molecule has 0 aromatic heterocycles. The van der Waals surface area contributed by atoms with Crippen molar-refractivity contribution in [3.05, 3.63) is 55.0 Å². The van der Waals surface area contributed by atoms with Crippen LogP contribution in [0, 0.1) is 6.92 Å². The summed E-state index contributed by atoms with van der Waals surface area (Å²) < 4.78 is 0. The highest BCUT2D eigenvalue weighted by Crippen LogP contribution is 2.29. The van der Waals surface area contributed by atoms with Crippen molar-refractivity contribution in [2.75, 3.05) is 0 Å². The van der Waals surface area contributed by atoms with Gasteiger partial charge in [-0.15, -0.1) is 0 Å². The van der Waals surface area contributed by atoms with E-state index in [4.69, 9.17) is 0 Å². The Hall–Kier alpha value is -1.30. The van der Waals surface area contributed by atoms with E-state index in [-0.39, 0.29) is 5.41 Å². The number of fused-ring (bicyclic) bond motifs is 1. The smallest absolute Gasteiger partial charge is 0.00971 e. The maximum Gasteiger partial charge on any atom is -0.00971 e. The van der Waals surface area contributed by atoms with Gasteiger partial charge in [-0.2, -0.15) is 0 Å².